The molecule has 0 unspecified atom stereocenters. The molecule has 2 aromatic rings. The first-order valence-corrected chi connectivity index (χ1v) is 8.21. The van der Waals surface area contributed by atoms with E-state index in [2.05, 4.69) is 13.8 Å². The minimum Gasteiger partial charge on any atom is -0.399 e. The lowest BCUT2D eigenvalue weighted by molar-refractivity contribution is 0.595. The number of hydrogen-bond acceptors (Lipinski definition) is 3. The van der Waals surface area contributed by atoms with E-state index in [9.17, 15) is 8.42 Å². The SMILES string of the molecule is CC(C)c1ccc(CS(=O)(=O)c2cccc(N)c2)cc1. The van der Waals surface area contributed by atoms with Crippen molar-refractivity contribution in [2.45, 2.75) is 30.4 Å². The summed E-state index contributed by atoms with van der Waals surface area (Å²) in [6, 6.07) is 14.1. The van der Waals surface area contributed by atoms with Gasteiger partial charge in [-0.15, -0.1) is 0 Å². The van der Waals surface area contributed by atoms with Crippen molar-refractivity contribution in [1.29, 1.82) is 0 Å². The molecule has 2 N–H and O–H groups in total. The fourth-order valence-corrected chi connectivity index (χ4v) is 3.41. The summed E-state index contributed by atoms with van der Waals surface area (Å²) in [7, 11) is -3.35. The second-order valence-electron chi connectivity index (χ2n) is 5.23. The third-order valence-electron chi connectivity index (χ3n) is 3.22. The Hall–Kier alpha value is -1.81. The molecule has 0 fully saturated rings. The van der Waals surface area contributed by atoms with Crippen molar-refractivity contribution in [3.8, 4) is 0 Å². The molecule has 0 aliphatic rings. The average molecular weight is 289 g/mol. The molecule has 0 aromatic heterocycles. The lowest BCUT2D eigenvalue weighted by Gasteiger charge is -2.08. The van der Waals surface area contributed by atoms with Crippen LogP contribution in [-0.2, 0) is 15.6 Å². The van der Waals surface area contributed by atoms with Gasteiger partial charge in [0.2, 0.25) is 0 Å². The molecule has 0 aliphatic carbocycles. The van der Waals surface area contributed by atoms with Crippen molar-refractivity contribution in [1.82, 2.24) is 0 Å². The summed E-state index contributed by atoms with van der Waals surface area (Å²) in [5.41, 5.74) is 8.09. The molecule has 0 amide bonds. The number of anilines is 1. The third kappa shape index (κ3) is 3.39. The first kappa shape index (κ1) is 14.6. The van der Waals surface area contributed by atoms with E-state index in [1.165, 1.54) is 11.6 Å². The van der Waals surface area contributed by atoms with Crippen LogP contribution < -0.4 is 5.73 Å². The normalized spacial score (nSPS) is 11.8. The van der Waals surface area contributed by atoms with Gasteiger partial charge in [0.25, 0.3) is 0 Å². The van der Waals surface area contributed by atoms with Gasteiger partial charge in [-0.2, -0.15) is 0 Å². The highest BCUT2D eigenvalue weighted by Crippen LogP contribution is 2.20. The van der Waals surface area contributed by atoms with Crippen molar-refractivity contribution in [3.05, 3.63) is 59.7 Å². The fraction of sp³-hybridized carbons (Fsp3) is 0.250. The summed E-state index contributed by atoms with van der Waals surface area (Å²) in [6.45, 7) is 4.22. The molecule has 20 heavy (non-hydrogen) atoms. The van der Waals surface area contributed by atoms with Crippen molar-refractivity contribution >= 4 is 15.5 Å². The van der Waals surface area contributed by atoms with Gasteiger partial charge in [-0.25, -0.2) is 8.42 Å². The molecule has 3 nitrogen and oxygen atoms in total. The fourth-order valence-electron chi connectivity index (χ4n) is 2.01. The van der Waals surface area contributed by atoms with Gasteiger partial charge in [0.1, 0.15) is 0 Å². The lowest BCUT2D eigenvalue weighted by atomic mass is 10.0. The highest BCUT2D eigenvalue weighted by atomic mass is 32.2. The number of sulfone groups is 1. The van der Waals surface area contributed by atoms with Crippen LogP contribution in [0.15, 0.2) is 53.4 Å². The summed E-state index contributed by atoms with van der Waals surface area (Å²) in [6.07, 6.45) is 0. The summed E-state index contributed by atoms with van der Waals surface area (Å²) in [5.74, 6) is 0.434. The predicted octanol–water partition coefficient (Wildman–Crippen LogP) is 3.37. The largest absolute Gasteiger partial charge is 0.399 e. The van der Waals surface area contributed by atoms with Gasteiger partial charge in [-0.05, 0) is 35.2 Å². The number of benzene rings is 2. The van der Waals surface area contributed by atoms with Gasteiger partial charge in [0, 0.05) is 5.69 Å². The molecule has 2 rings (SSSR count). The monoisotopic (exact) mass is 289 g/mol. The molecule has 0 spiro atoms. The summed E-state index contributed by atoms with van der Waals surface area (Å²) < 4.78 is 24.6. The molecule has 0 heterocycles. The van der Waals surface area contributed by atoms with Gasteiger partial charge in [-0.3, -0.25) is 0 Å². The Kier molecular flexibility index (Phi) is 4.14. The van der Waals surface area contributed by atoms with E-state index in [0.717, 1.165) is 5.56 Å². The van der Waals surface area contributed by atoms with Gasteiger partial charge < -0.3 is 5.73 Å². The molecular weight excluding hydrogens is 270 g/mol. The minimum atomic E-state index is -3.35. The Labute approximate surface area is 120 Å². The highest BCUT2D eigenvalue weighted by molar-refractivity contribution is 7.90. The first-order valence-electron chi connectivity index (χ1n) is 6.55. The maximum Gasteiger partial charge on any atom is 0.182 e. The van der Waals surface area contributed by atoms with Crippen LogP contribution in [0.2, 0.25) is 0 Å². The highest BCUT2D eigenvalue weighted by Gasteiger charge is 2.15. The van der Waals surface area contributed by atoms with Crippen LogP contribution >= 0.6 is 0 Å². The van der Waals surface area contributed by atoms with Crippen molar-refractivity contribution in [3.63, 3.8) is 0 Å². The van der Waals surface area contributed by atoms with E-state index >= 15 is 0 Å². The quantitative estimate of drug-likeness (QED) is 0.878. The Balaban J connectivity index is 2.24. The van der Waals surface area contributed by atoms with Crippen LogP contribution in [-0.4, -0.2) is 8.42 Å². The maximum absolute atomic E-state index is 12.3. The third-order valence-corrected chi connectivity index (χ3v) is 4.91. The average Bonchev–Trinajstić information content (AvgIpc) is 2.39. The molecule has 2 aromatic carbocycles. The zero-order valence-electron chi connectivity index (χ0n) is 11.7. The van der Waals surface area contributed by atoms with E-state index < -0.39 is 9.84 Å². The topological polar surface area (TPSA) is 60.2 Å². The molecule has 0 radical (unpaired) electrons. The van der Waals surface area contributed by atoms with Crippen molar-refractivity contribution in [2.24, 2.45) is 0 Å². The summed E-state index contributed by atoms with van der Waals surface area (Å²) in [5, 5.41) is 0. The molecular formula is C16H19NO2S. The zero-order valence-corrected chi connectivity index (χ0v) is 12.5. The second-order valence-corrected chi connectivity index (χ2v) is 7.22. The van der Waals surface area contributed by atoms with Crippen LogP contribution in [0.3, 0.4) is 0 Å². The molecule has 0 bridgehead atoms. The Bertz CT molecular complexity index is 689. The van der Waals surface area contributed by atoms with Crippen LogP contribution in [0.5, 0.6) is 0 Å². The molecule has 4 heteroatoms. The van der Waals surface area contributed by atoms with Crippen LogP contribution in [0.4, 0.5) is 5.69 Å². The van der Waals surface area contributed by atoms with Crippen LogP contribution in [0, 0.1) is 0 Å². The molecule has 0 saturated carbocycles. The maximum atomic E-state index is 12.3. The van der Waals surface area contributed by atoms with E-state index in [4.69, 9.17) is 5.73 Å². The molecule has 0 aliphatic heterocycles. The molecule has 0 atom stereocenters. The summed E-state index contributed by atoms with van der Waals surface area (Å²) >= 11 is 0. The van der Waals surface area contributed by atoms with Gasteiger partial charge in [-0.1, -0.05) is 44.2 Å². The van der Waals surface area contributed by atoms with Gasteiger partial charge in [0.05, 0.1) is 10.6 Å². The zero-order chi connectivity index (χ0) is 14.8. The predicted molar refractivity (Wildman–Crippen MR) is 82.3 cm³/mol. The van der Waals surface area contributed by atoms with Crippen LogP contribution in [0.1, 0.15) is 30.9 Å². The van der Waals surface area contributed by atoms with E-state index in [1.54, 1.807) is 18.2 Å². The standard InChI is InChI=1S/C16H19NO2S/c1-12(2)14-8-6-13(7-9-14)11-20(18,19)16-5-3-4-15(17)10-16/h3-10,12H,11,17H2,1-2H3. The van der Waals surface area contributed by atoms with E-state index in [1.807, 2.05) is 24.3 Å². The lowest BCUT2D eigenvalue weighted by Crippen LogP contribution is -2.05. The van der Waals surface area contributed by atoms with E-state index in [0.29, 0.717) is 11.6 Å². The van der Waals surface area contributed by atoms with Gasteiger partial charge >= 0.3 is 0 Å². The number of nitrogen functional groups attached to an aromatic ring is 1. The van der Waals surface area contributed by atoms with Gasteiger partial charge in [0.15, 0.2) is 9.84 Å². The molecule has 106 valence electrons. The molecule has 0 saturated heterocycles. The van der Waals surface area contributed by atoms with Crippen molar-refractivity contribution < 1.29 is 8.42 Å². The number of nitrogens with two attached hydrogens (primary N) is 1. The van der Waals surface area contributed by atoms with Crippen LogP contribution in [0.25, 0.3) is 0 Å². The Morgan fingerprint density at radius 3 is 2.25 bits per heavy atom. The Morgan fingerprint density at radius 1 is 1.05 bits per heavy atom. The number of rotatable bonds is 4. The summed E-state index contributed by atoms with van der Waals surface area (Å²) in [4.78, 5) is 0.269. The minimum absolute atomic E-state index is 0.00513. The number of hydrogen-bond donors (Lipinski definition) is 1. The van der Waals surface area contributed by atoms with Crippen molar-refractivity contribution in [2.75, 3.05) is 5.73 Å². The van der Waals surface area contributed by atoms with E-state index in [-0.39, 0.29) is 10.6 Å². The Morgan fingerprint density at radius 2 is 1.70 bits per heavy atom. The smallest absolute Gasteiger partial charge is 0.182 e. The first-order chi connectivity index (χ1) is 9.38. The second kappa shape index (κ2) is 5.67.